The number of amides is 1. The smallest absolute Gasteiger partial charge is 0.272 e. The maximum atomic E-state index is 10.9. The molecule has 0 saturated carbocycles. The third-order valence-corrected chi connectivity index (χ3v) is 2.32. The van der Waals surface area contributed by atoms with E-state index >= 15 is 0 Å². The predicted octanol–water partition coefficient (Wildman–Crippen LogP) is -1.94. The molecule has 0 unspecified atom stereocenters. The Kier molecular flexibility index (Phi) is 5.48. The molecule has 0 aliphatic heterocycles. The molecular formula is C12H19ClN2O. The van der Waals surface area contributed by atoms with E-state index < -0.39 is 0 Å². The highest BCUT2D eigenvalue weighted by atomic mass is 35.5. The van der Waals surface area contributed by atoms with Gasteiger partial charge >= 0.3 is 0 Å². The van der Waals surface area contributed by atoms with E-state index in [1.807, 2.05) is 14.1 Å². The normalized spacial score (nSPS) is 10.7. The van der Waals surface area contributed by atoms with E-state index in [2.05, 4.69) is 31.2 Å². The fourth-order valence-corrected chi connectivity index (χ4v) is 1.67. The van der Waals surface area contributed by atoms with Crippen LogP contribution in [0.2, 0.25) is 0 Å². The molecule has 1 aromatic rings. The summed E-state index contributed by atoms with van der Waals surface area (Å²) in [5, 5.41) is 0. The van der Waals surface area contributed by atoms with Crippen molar-refractivity contribution in [3.05, 3.63) is 35.4 Å². The van der Waals surface area contributed by atoms with Crippen molar-refractivity contribution in [1.29, 1.82) is 0 Å². The summed E-state index contributed by atoms with van der Waals surface area (Å²) in [6.07, 6.45) is 0. The number of halogens is 1. The first-order valence-electron chi connectivity index (χ1n) is 5.05. The molecule has 0 heterocycles. The third-order valence-electron chi connectivity index (χ3n) is 2.32. The van der Waals surface area contributed by atoms with Crippen molar-refractivity contribution in [3.8, 4) is 0 Å². The van der Waals surface area contributed by atoms with Crippen LogP contribution in [0.3, 0.4) is 0 Å². The first kappa shape index (κ1) is 14.9. The molecule has 0 saturated heterocycles. The van der Waals surface area contributed by atoms with Crippen molar-refractivity contribution in [2.24, 2.45) is 5.73 Å². The van der Waals surface area contributed by atoms with Crippen LogP contribution in [0, 0.1) is 6.92 Å². The fourth-order valence-electron chi connectivity index (χ4n) is 1.67. The van der Waals surface area contributed by atoms with Crippen molar-refractivity contribution in [1.82, 2.24) is 0 Å². The molecule has 16 heavy (non-hydrogen) atoms. The Morgan fingerprint density at radius 1 is 1.25 bits per heavy atom. The summed E-state index contributed by atoms with van der Waals surface area (Å²) in [5.74, 6) is -0.257. The highest BCUT2D eigenvalue weighted by Gasteiger charge is 2.18. The topological polar surface area (TPSA) is 43.1 Å². The zero-order valence-electron chi connectivity index (χ0n) is 10.0. The van der Waals surface area contributed by atoms with Crippen molar-refractivity contribution < 1.29 is 21.7 Å². The van der Waals surface area contributed by atoms with Crippen molar-refractivity contribution in [2.75, 3.05) is 20.6 Å². The number of carbonyl (C=O) groups is 1. The van der Waals surface area contributed by atoms with Gasteiger partial charge < -0.3 is 22.6 Å². The summed E-state index contributed by atoms with van der Waals surface area (Å²) in [7, 11) is 4.01. The van der Waals surface area contributed by atoms with Gasteiger partial charge in [0.2, 0.25) is 0 Å². The second kappa shape index (κ2) is 5.87. The van der Waals surface area contributed by atoms with Gasteiger partial charge in [-0.2, -0.15) is 0 Å². The lowest BCUT2D eigenvalue weighted by atomic mass is 10.1. The van der Waals surface area contributed by atoms with Crippen LogP contribution in [0.15, 0.2) is 24.3 Å². The quantitative estimate of drug-likeness (QED) is 0.614. The first-order valence-corrected chi connectivity index (χ1v) is 5.05. The maximum absolute atomic E-state index is 10.9. The van der Waals surface area contributed by atoms with Gasteiger partial charge in [-0.15, -0.1) is 0 Å². The van der Waals surface area contributed by atoms with Gasteiger partial charge in [-0.3, -0.25) is 4.79 Å². The minimum Gasteiger partial charge on any atom is -1.00 e. The zero-order chi connectivity index (χ0) is 11.5. The number of rotatable bonds is 4. The van der Waals surface area contributed by atoms with Crippen molar-refractivity contribution in [2.45, 2.75) is 13.5 Å². The van der Waals surface area contributed by atoms with Gasteiger partial charge in [-0.25, -0.2) is 0 Å². The number of likely N-dealkylation sites (N-methyl/N-ethyl adjacent to an activating group) is 1. The number of nitrogens with zero attached hydrogens (tertiary/aromatic N) is 1. The molecule has 3 nitrogen and oxygen atoms in total. The summed E-state index contributed by atoms with van der Waals surface area (Å²) in [6, 6.07) is 8.35. The van der Waals surface area contributed by atoms with Gasteiger partial charge in [-0.1, -0.05) is 29.8 Å². The molecule has 0 radical (unpaired) electrons. The number of primary amides is 1. The van der Waals surface area contributed by atoms with Crippen LogP contribution < -0.4 is 18.1 Å². The number of quaternary nitrogens is 1. The molecule has 0 bridgehead atoms. The van der Waals surface area contributed by atoms with Gasteiger partial charge in [0.15, 0.2) is 6.54 Å². The van der Waals surface area contributed by atoms with E-state index in [9.17, 15) is 4.79 Å². The summed E-state index contributed by atoms with van der Waals surface area (Å²) in [6.45, 7) is 3.25. The number of hydrogen-bond donors (Lipinski definition) is 1. The molecule has 1 rings (SSSR count). The molecule has 90 valence electrons. The van der Waals surface area contributed by atoms with Crippen LogP contribution in [-0.2, 0) is 11.3 Å². The van der Waals surface area contributed by atoms with E-state index in [0.717, 1.165) is 6.54 Å². The average molecular weight is 243 g/mol. The summed E-state index contributed by atoms with van der Waals surface area (Å²) >= 11 is 0. The minimum absolute atomic E-state index is 0. The molecule has 0 atom stereocenters. The molecule has 0 fully saturated rings. The van der Waals surface area contributed by atoms with Crippen LogP contribution in [0.1, 0.15) is 11.1 Å². The number of hydrogen-bond acceptors (Lipinski definition) is 1. The number of carbonyl (C=O) groups excluding carboxylic acids is 1. The molecule has 0 spiro atoms. The Balaban J connectivity index is 0.00000225. The second-order valence-corrected chi connectivity index (χ2v) is 4.70. The molecule has 2 N–H and O–H groups in total. The number of benzene rings is 1. The lowest BCUT2D eigenvalue weighted by molar-refractivity contribution is -0.895. The lowest BCUT2D eigenvalue weighted by Crippen LogP contribution is -3.00. The van der Waals surface area contributed by atoms with E-state index in [4.69, 9.17) is 5.73 Å². The van der Waals surface area contributed by atoms with Crippen LogP contribution in [0.25, 0.3) is 0 Å². The van der Waals surface area contributed by atoms with Gasteiger partial charge in [0.05, 0.1) is 14.1 Å². The number of nitrogens with two attached hydrogens (primary N) is 1. The second-order valence-electron chi connectivity index (χ2n) is 4.70. The van der Waals surface area contributed by atoms with Crippen LogP contribution in [-0.4, -0.2) is 31.0 Å². The Hall–Kier alpha value is -1.06. The SMILES string of the molecule is Cc1ccc(C[N+](C)(C)CC(N)=O)cc1.[Cl-]. The predicted molar refractivity (Wildman–Crippen MR) is 61.1 cm³/mol. The van der Waals surface area contributed by atoms with E-state index in [-0.39, 0.29) is 18.3 Å². The molecule has 0 aliphatic rings. The van der Waals surface area contributed by atoms with Gasteiger partial charge in [0, 0.05) is 5.56 Å². The van der Waals surface area contributed by atoms with Crippen LogP contribution in [0.5, 0.6) is 0 Å². The van der Waals surface area contributed by atoms with E-state index in [1.54, 1.807) is 0 Å². The van der Waals surface area contributed by atoms with Crippen molar-refractivity contribution >= 4 is 5.91 Å². The molecule has 0 aliphatic carbocycles. The molecule has 1 amide bonds. The summed E-state index contributed by atoms with van der Waals surface area (Å²) < 4.78 is 0.596. The summed E-state index contributed by atoms with van der Waals surface area (Å²) in [4.78, 5) is 10.9. The van der Waals surface area contributed by atoms with Gasteiger partial charge in [0.1, 0.15) is 6.54 Å². The zero-order valence-corrected chi connectivity index (χ0v) is 10.8. The molecular weight excluding hydrogens is 224 g/mol. The Bertz CT molecular complexity index is 347. The highest BCUT2D eigenvalue weighted by Crippen LogP contribution is 2.09. The standard InChI is InChI=1S/C12H18N2O.ClH/c1-10-4-6-11(7-5-10)8-14(2,3)9-12(13)15;/h4-7H,8-9H2,1-3H3,(H-,13,15);1H. The average Bonchev–Trinajstić information content (AvgIpc) is 2.06. The highest BCUT2D eigenvalue weighted by molar-refractivity contribution is 5.74. The lowest BCUT2D eigenvalue weighted by Gasteiger charge is -2.28. The maximum Gasteiger partial charge on any atom is 0.272 e. The van der Waals surface area contributed by atoms with Gasteiger partial charge in [-0.05, 0) is 6.92 Å². The van der Waals surface area contributed by atoms with Crippen molar-refractivity contribution in [3.63, 3.8) is 0 Å². The van der Waals surface area contributed by atoms with E-state index in [0.29, 0.717) is 11.0 Å². The van der Waals surface area contributed by atoms with E-state index in [1.165, 1.54) is 11.1 Å². The van der Waals surface area contributed by atoms with Crippen LogP contribution in [0.4, 0.5) is 0 Å². The Morgan fingerprint density at radius 2 is 1.75 bits per heavy atom. The minimum atomic E-state index is -0.257. The number of aryl methyl sites for hydroxylation is 1. The summed E-state index contributed by atoms with van der Waals surface area (Å²) in [5.41, 5.74) is 7.68. The largest absolute Gasteiger partial charge is 1.00 e. The molecule has 4 heteroatoms. The Morgan fingerprint density at radius 3 is 2.19 bits per heavy atom. The third kappa shape index (κ3) is 5.14. The Labute approximate surface area is 103 Å². The van der Waals surface area contributed by atoms with Gasteiger partial charge in [0.25, 0.3) is 5.91 Å². The molecule has 0 aromatic heterocycles. The molecule has 1 aromatic carbocycles. The first-order chi connectivity index (χ1) is 6.89. The fraction of sp³-hybridized carbons (Fsp3) is 0.417. The van der Waals surface area contributed by atoms with Crippen LogP contribution >= 0.6 is 0 Å². The monoisotopic (exact) mass is 242 g/mol.